The van der Waals surface area contributed by atoms with Crippen LogP contribution in [0.25, 0.3) is 0 Å². The van der Waals surface area contributed by atoms with E-state index >= 15 is 0 Å². The monoisotopic (exact) mass is 273 g/mol. The number of alkyl halides is 3. The third kappa shape index (κ3) is 4.40. The zero-order valence-corrected chi connectivity index (χ0v) is 10.6. The molecule has 0 aromatic heterocycles. The Morgan fingerprint density at radius 2 is 1.74 bits per heavy atom. The van der Waals surface area contributed by atoms with Crippen LogP contribution in [0.3, 0.4) is 0 Å². The van der Waals surface area contributed by atoms with Gasteiger partial charge in [0, 0.05) is 45.0 Å². The Kier molecular flexibility index (Phi) is 4.66. The van der Waals surface area contributed by atoms with E-state index in [0.29, 0.717) is 0 Å². The van der Waals surface area contributed by atoms with Gasteiger partial charge in [-0.1, -0.05) is 0 Å². The number of halogens is 3. The lowest BCUT2D eigenvalue weighted by atomic mass is 10.2. The number of hydrogen-bond acceptors (Lipinski definition) is 3. The second-order valence-corrected chi connectivity index (χ2v) is 4.59. The normalized spacial score (nSPS) is 17.4. The summed E-state index contributed by atoms with van der Waals surface area (Å²) in [6, 6.07) is 5.15. The van der Waals surface area contributed by atoms with Crippen LogP contribution in [-0.2, 0) is 6.18 Å². The molecule has 0 spiro atoms. The van der Waals surface area contributed by atoms with Gasteiger partial charge in [-0.2, -0.15) is 13.2 Å². The van der Waals surface area contributed by atoms with Crippen molar-refractivity contribution >= 4 is 5.69 Å². The van der Waals surface area contributed by atoms with Crippen LogP contribution in [0, 0.1) is 0 Å². The maximum absolute atomic E-state index is 12.4. The molecule has 19 heavy (non-hydrogen) atoms. The summed E-state index contributed by atoms with van der Waals surface area (Å²) in [5.41, 5.74) is 0.114. The molecule has 2 rings (SSSR count). The highest BCUT2D eigenvalue weighted by atomic mass is 19.4. The minimum atomic E-state index is -4.26. The molecule has 0 bridgehead atoms. The molecule has 0 amide bonds. The first kappa shape index (κ1) is 14.1. The predicted molar refractivity (Wildman–Crippen MR) is 69.2 cm³/mol. The number of nitrogens with zero attached hydrogens (tertiary/aromatic N) is 1. The van der Waals surface area contributed by atoms with Crippen LogP contribution in [-0.4, -0.2) is 44.2 Å². The lowest BCUT2D eigenvalue weighted by Crippen LogP contribution is -2.45. The Morgan fingerprint density at radius 1 is 1.11 bits per heavy atom. The molecule has 6 heteroatoms. The first-order valence-corrected chi connectivity index (χ1v) is 6.40. The molecule has 0 saturated carbocycles. The zero-order valence-electron chi connectivity index (χ0n) is 10.6. The van der Waals surface area contributed by atoms with Crippen molar-refractivity contribution in [3.05, 3.63) is 29.8 Å². The van der Waals surface area contributed by atoms with Crippen molar-refractivity contribution in [1.29, 1.82) is 0 Å². The fourth-order valence-corrected chi connectivity index (χ4v) is 2.07. The van der Waals surface area contributed by atoms with Gasteiger partial charge >= 0.3 is 6.18 Å². The van der Waals surface area contributed by atoms with Crippen LogP contribution in [0.15, 0.2) is 24.3 Å². The van der Waals surface area contributed by atoms with Crippen molar-refractivity contribution in [2.24, 2.45) is 0 Å². The van der Waals surface area contributed by atoms with Gasteiger partial charge in [0.15, 0.2) is 0 Å². The molecule has 1 fully saturated rings. The zero-order chi connectivity index (χ0) is 13.7. The highest BCUT2D eigenvalue weighted by Gasteiger charge is 2.29. The minimum Gasteiger partial charge on any atom is -0.384 e. The Balaban J connectivity index is 1.76. The van der Waals surface area contributed by atoms with E-state index in [0.717, 1.165) is 57.1 Å². The standard InChI is InChI=1S/C13H18F3N3/c14-13(15,16)11-1-3-12(4-2-11)18-7-10-19-8-5-17-6-9-19/h1-4,17-18H,5-10H2. The lowest BCUT2D eigenvalue weighted by molar-refractivity contribution is -0.137. The van der Waals surface area contributed by atoms with E-state index in [-0.39, 0.29) is 0 Å². The number of rotatable bonds is 4. The highest BCUT2D eigenvalue weighted by Crippen LogP contribution is 2.29. The van der Waals surface area contributed by atoms with Gasteiger partial charge in [0.25, 0.3) is 0 Å². The maximum Gasteiger partial charge on any atom is 0.416 e. The topological polar surface area (TPSA) is 27.3 Å². The smallest absolute Gasteiger partial charge is 0.384 e. The molecule has 2 N–H and O–H groups in total. The predicted octanol–water partition coefficient (Wildman–Crippen LogP) is 2.02. The lowest BCUT2D eigenvalue weighted by Gasteiger charge is -2.27. The SMILES string of the molecule is FC(F)(F)c1ccc(NCCN2CCNCC2)cc1. The quantitative estimate of drug-likeness (QED) is 0.879. The summed E-state index contributed by atoms with van der Waals surface area (Å²) in [6.07, 6.45) is -4.26. The van der Waals surface area contributed by atoms with E-state index in [1.54, 1.807) is 0 Å². The van der Waals surface area contributed by atoms with Crippen LogP contribution < -0.4 is 10.6 Å². The molecule has 1 aliphatic heterocycles. The number of benzene rings is 1. The third-order valence-electron chi connectivity index (χ3n) is 3.18. The molecule has 106 valence electrons. The highest BCUT2D eigenvalue weighted by molar-refractivity contribution is 5.45. The van der Waals surface area contributed by atoms with Gasteiger partial charge in [-0.15, -0.1) is 0 Å². The molecule has 0 radical (unpaired) electrons. The van der Waals surface area contributed by atoms with Crippen molar-refractivity contribution in [2.45, 2.75) is 6.18 Å². The van der Waals surface area contributed by atoms with Crippen molar-refractivity contribution in [2.75, 3.05) is 44.6 Å². The summed E-state index contributed by atoms with van der Waals surface area (Å²) in [6.45, 7) is 5.69. The van der Waals surface area contributed by atoms with E-state index in [2.05, 4.69) is 15.5 Å². The Hall–Kier alpha value is -1.27. The van der Waals surface area contributed by atoms with Gasteiger partial charge in [-0.3, -0.25) is 4.90 Å². The Bertz CT molecular complexity index is 383. The average Bonchev–Trinajstić information content (AvgIpc) is 2.39. The number of nitrogens with one attached hydrogen (secondary N) is 2. The second-order valence-electron chi connectivity index (χ2n) is 4.59. The second kappa shape index (κ2) is 6.25. The van der Waals surface area contributed by atoms with Crippen LogP contribution >= 0.6 is 0 Å². The van der Waals surface area contributed by atoms with Gasteiger partial charge in [0.1, 0.15) is 0 Å². The fraction of sp³-hybridized carbons (Fsp3) is 0.538. The number of piperazine rings is 1. The van der Waals surface area contributed by atoms with Crippen LogP contribution in [0.5, 0.6) is 0 Å². The Labute approximate surface area is 110 Å². The minimum absolute atomic E-state index is 0.611. The third-order valence-corrected chi connectivity index (χ3v) is 3.18. The Morgan fingerprint density at radius 3 is 2.32 bits per heavy atom. The van der Waals surface area contributed by atoms with Crippen molar-refractivity contribution in [3.63, 3.8) is 0 Å². The largest absolute Gasteiger partial charge is 0.416 e. The molecular weight excluding hydrogens is 255 g/mol. The van der Waals surface area contributed by atoms with E-state index < -0.39 is 11.7 Å². The molecule has 1 saturated heterocycles. The molecule has 0 unspecified atom stereocenters. The van der Waals surface area contributed by atoms with E-state index in [9.17, 15) is 13.2 Å². The van der Waals surface area contributed by atoms with Crippen LogP contribution in [0.2, 0.25) is 0 Å². The van der Waals surface area contributed by atoms with Crippen LogP contribution in [0.4, 0.5) is 18.9 Å². The van der Waals surface area contributed by atoms with Gasteiger partial charge in [0.05, 0.1) is 5.56 Å². The molecule has 1 aromatic carbocycles. The van der Waals surface area contributed by atoms with Crippen molar-refractivity contribution in [3.8, 4) is 0 Å². The van der Waals surface area contributed by atoms with Gasteiger partial charge in [0.2, 0.25) is 0 Å². The molecule has 3 nitrogen and oxygen atoms in total. The summed E-state index contributed by atoms with van der Waals surface area (Å²) in [4.78, 5) is 2.33. The maximum atomic E-state index is 12.4. The van der Waals surface area contributed by atoms with Gasteiger partial charge in [-0.25, -0.2) is 0 Å². The van der Waals surface area contributed by atoms with Crippen molar-refractivity contribution in [1.82, 2.24) is 10.2 Å². The fourth-order valence-electron chi connectivity index (χ4n) is 2.07. The summed E-state index contributed by atoms with van der Waals surface area (Å²) < 4.78 is 37.1. The van der Waals surface area contributed by atoms with Crippen LogP contribution in [0.1, 0.15) is 5.56 Å². The van der Waals surface area contributed by atoms with E-state index in [4.69, 9.17) is 0 Å². The van der Waals surface area contributed by atoms with Gasteiger partial charge in [-0.05, 0) is 24.3 Å². The van der Waals surface area contributed by atoms with Gasteiger partial charge < -0.3 is 10.6 Å². The average molecular weight is 273 g/mol. The summed E-state index contributed by atoms with van der Waals surface area (Å²) in [5, 5.41) is 6.42. The summed E-state index contributed by atoms with van der Waals surface area (Å²) >= 11 is 0. The van der Waals surface area contributed by atoms with Crippen molar-refractivity contribution < 1.29 is 13.2 Å². The summed E-state index contributed by atoms with van der Waals surface area (Å²) in [7, 11) is 0. The first-order chi connectivity index (χ1) is 9.05. The molecule has 0 atom stereocenters. The molecule has 0 aliphatic carbocycles. The number of anilines is 1. The molecule has 1 aromatic rings. The molecule has 1 heterocycles. The number of hydrogen-bond donors (Lipinski definition) is 2. The van der Waals surface area contributed by atoms with E-state index in [1.165, 1.54) is 12.1 Å². The molecular formula is C13H18F3N3. The molecule has 1 aliphatic rings. The summed E-state index contributed by atoms with van der Waals surface area (Å²) in [5.74, 6) is 0. The first-order valence-electron chi connectivity index (χ1n) is 6.40. The van der Waals surface area contributed by atoms with E-state index in [1.807, 2.05) is 0 Å².